The molecule has 1 aromatic heterocycles. The molecule has 2 heterocycles. The van der Waals surface area contributed by atoms with E-state index in [1.807, 2.05) is 19.0 Å². The van der Waals surface area contributed by atoms with Crippen molar-refractivity contribution < 1.29 is 18.7 Å². The second kappa shape index (κ2) is 7.55. The lowest BCUT2D eigenvalue weighted by molar-refractivity contribution is 0.0770. The number of halogens is 1. The lowest BCUT2D eigenvalue weighted by atomic mass is 10.2. The van der Waals surface area contributed by atoms with Gasteiger partial charge in [-0.2, -0.15) is 4.98 Å². The summed E-state index contributed by atoms with van der Waals surface area (Å²) in [6.45, 7) is 0.957. The van der Waals surface area contributed by atoms with E-state index >= 15 is 0 Å². The highest BCUT2D eigenvalue weighted by Crippen LogP contribution is 2.22. The monoisotopic (exact) mass is 360 g/mol. The summed E-state index contributed by atoms with van der Waals surface area (Å²) in [5.41, 5.74) is 0.290. The molecular formula is C18H21FN4O3. The van der Waals surface area contributed by atoms with Crippen molar-refractivity contribution in [2.45, 2.75) is 12.5 Å². The Kier molecular flexibility index (Phi) is 5.20. The van der Waals surface area contributed by atoms with Gasteiger partial charge in [-0.15, -0.1) is 0 Å². The number of aromatic nitrogens is 2. The van der Waals surface area contributed by atoms with Crippen molar-refractivity contribution in [1.82, 2.24) is 14.9 Å². The number of benzene rings is 1. The number of hydrogen-bond donors (Lipinski definition) is 0. The number of nitrogens with zero attached hydrogens (tertiary/aromatic N) is 4. The molecule has 138 valence electrons. The number of carbonyl (C=O) groups excluding carboxylic acids is 1. The largest absolute Gasteiger partial charge is 0.494 e. The Morgan fingerprint density at radius 2 is 2.15 bits per heavy atom. The SMILES string of the molecule is COc1ccc(C(=O)N2CCC(Oc3cncc(N(C)C)n3)C2)cc1F. The quantitative estimate of drug-likeness (QED) is 0.812. The van der Waals surface area contributed by atoms with Crippen LogP contribution < -0.4 is 14.4 Å². The van der Waals surface area contributed by atoms with Crippen molar-refractivity contribution in [3.63, 3.8) is 0 Å². The van der Waals surface area contributed by atoms with Gasteiger partial charge in [0.25, 0.3) is 5.91 Å². The van der Waals surface area contributed by atoms with Crippen molar-refractivity contribution >= 4 is 11.7 Å². The van der Waals surface area contributed by atoms with Crippen LogP contribution in [0.4, 0.5) is 10.2 Å². The number of hydrogen-bond acceptors (Lipinski definition) is 6. The van der Waals surface area contributed by atoms with Gasteiger partial charge in [0.15, 0.2) is 17.4 Å². The van der Waals surface area contributed by atoms with Crippen LogP contribution in [0.3, 0.4) is 0 Å². The first kappa shape index (κ1) is 17.9. The normalized spacial score (nSPS) is 16.5. The van der Waals surface area contributed by atoms with Crippen LogP contribution >= 0.6 is 0 Å². The minimum atomic E-state index is -0.555. The first-order valence-electron chi connectivity index (χ1n) is 8.26. The van der Waals surface area contributed by atoms with Gasteiger partial charge in [-0.3, -0.25) is 9.78 Å². The molecule has 1 aliphatic heterocycles. The van der Waals surface area contributed by atoms with E-state index in [9.17, 15) is 9.18 Å². The molecule has 0 aliphatic carbocycles. The van der Waals surface area contributed by atoms with E-state index in [0.29, 0.717) is 36.8 Å². The van der Waals surface area contributed by atoms with Crippen molar-refractivity contribution in [3.05, 3.63) is 42.0 Å². The van der Waals surface area contributed by atoms with E-state index in [2.05, 4.69) is 9.97 Å². The minimum absolute atomic E-state index is 0.114. The molecule has 1 fully saturated rings. The summed E-state index contributed by atoms with van der Waals surface area (Å²) >= 11 is 0. The molecule has 1 aromatic carbocycles. The molecule has 1 saturated heterocycles. The third-order valence-electron chi connectivity index (χ3n) is 4.18. The van der Waals surface area contributed by atoms with E-state index in [-0.39, 0.29) is 17.8 Å². The Balaban J connectivity index is 1.64. The summed E-state index contributed by atoms with van der Waals surface area (Å²) < 4.78 is 24.6. The number of likely N-dealkylation sites (tertiary alicyclic amines) is 1. The molecular weight excluding hydrogens is 339 g/mol. The average molecular weight is 360 g/mol. The number of carbonyl (C=O) groups is 1. The molecule has 1 aliphatic rings. The molecule has 1 atom stereocenters. The van der Waals surface area contributed by atoms with Crippen LogP contribution in [0, 0.1) is 5.82 Å². The smallest absolute Gasteiger partial charge is 0.254 e. The third-order valence-corrected chi connectivity index (χ3v) is 4.18. The fourth-order valence-corrected chi connectivity index (χ4v) is 2.77. The van der Waals surface area contributed by atoms with Gasteiger partial charge < -0.3 is 19.3 Å². The summed E-state index contributed by atoms with van der Waals surface area (Å²) in [6.07, 6.45) is 3.71. The molecule has 0 bridgehead atoms. The maximum Gasteiger partial charge on any atom is 0.254 e. The van der Waals surface area contributed by atoms with E-state index in [4.69, 9.17) is 9.47 Å². The molecule has 26 heavy (non-hydrogen) atoms. The highest BCUT2D eigenvalue weighted by molar-refractivity contribution is 5.94. The fraction of sp³-hybridized carbons (Fsp3) is 0.389. The van der Waals surface area contributed by atoms with E-state index in [0.717, 1.165) is 0 Å². The highest BCUT2D eigenvalue weighted by Gasteiger charge is 2.29. The Morgan fingerprint density at radius 3 is 2.85 bits per heavy atom. The Morgan fingerprint density at radius 1 is 1.35 bits per heavy atom. The molecule has 1 amide bonds. The molecule has 3 rings (SSSR count). The molecule has 0 spiro atoms. The summed E-state index contributed by atoms with van der Waals surface area (Å²) in [4.78, 5) is 24.5. The molecule has 0 saturated carbocycles. The molecule has 7 nitrogen and oxygen atoms in total. The average Bonchev–Trinajstić information content (AvgIpc) is 3.09. The maximum atomic E-state index is 13.8. The number of rotatable bonds is 5. The number of anilines is 1. The fourth-order valence-electron chi connectivity index (χ4n) is 2.77. The van der Waals surface area contributed by atoms with Crippen molar-refractivity contribution in [2.24, 2.45) is 0 Å². The lowest BCUT2D eigenvalue weighted by Crippen LogP contribution is -2.31. The third kappa shape index (κ3) is 3.84. The summed E-state index contributed by atoms with van der Waals surface area (Å²) in [5, 5.41) is 0. The predicted octanol–water partition coefficient (Wildman–Crippen LogP) is 1.98. The number of ether oxygens (including phenoxy) is 2. The first-order chi connectivity index (χ1) is 12.5. The Hall–Kier alpha value is -2.90. The van der Waals surface area contributed by atoms with Gasteiger partial charge in [0.05, 0.1) is 26.0 Å². The molecule has 2 aromatic rings. The molecule has 0 radical (unpaired) electrons. The van der Waals surface area contributed by atoms with Gasteiger partial charge in [-0.05, 0) is 18.2 Å². The highest BCUT2D eigenvalue weighted by atomic mass is 19.1. The Labute approximate surface area is 151 Å². The summed E-state index contributed by atoms with van der Waals surface area (Å²) in [5.74, 6) is 0.448. The van der Waals surface area contributed by atoms with Crippen LogP contribution in [0.25, 0.3) is 0 Å². The number of amides is 1. The zero-order chi connectivity index (χ0) is 18.7. The predicted molar refractivity (Wildman–Crippen MR) is 94.2 cm³/mol. The second-order valence-corrected chi connectivity index (χ2v) is 6.24. The van der Waals surface area contributed by atoms with Gasteiger partial charge in [0.1, 0.15) is 6.10 Å². The van der Waals surface area contributed by atoms with Crippen LogP contribution in [0.15, 0.2) is 30.6 Å². The van der Waals surface area contributed by atoms with Crippen LogP contribution in [0.2, 0.25) is 0 Å². The standard InChI is InChI=1S/C18H21FN4O3/c1-22(2)16-9-20-10-17(21-16)26-13-6-7-23(11-13)18(24)12-4-5-15(25-3)14(19)8-12/h4-5,8-10,13H,6-7,11H2,1-3H3. The molecule has 8 heteroatoms. The van der Waals surface area contributed by atoms with Gasteiger partial charge in [-0.1, -0.05) is 0 Å². The van der Waals surface area contributed by atoms with Gasteiger partial charge in [0.2, 0.25) is 5.88 Å². The Bertz CT molecular complexity index is 800. The maximum absolute atomic E-state index is 13.8. The van der Waals surface area contributed by atoms with Crippen LogP contribution in [-0.4, -0.2) is 61.2 Å². The lowest BCUT2D eigenvalue weighted by Gasteiger charge is -2.18. The van der Waals surface area contributed by atoms with E-state index in [1.54, 1.807) is 23.4 Å². The second-order valence-electron chi connectivity index (χ2n) is 6.24. The van der Waals surface area contributed by atoms with Crippen molar-refractivity contribution in [3.8, 4) is 11.6 Å². The van der Waals surface area contributed by atoms with E-state index < -0.39 is 5.82 Å². The molecule has 0 N–H and O–H groups in total. The van der Waals surface area contributed by atoms with Gasteiger partial charge in [0, 0.05) is 32.6 Å². The van der Waals surface area contributed by atoms with Crippen molar-refractivity contribution in [2.75, 3.05) is 39.2 Å². The van der Waals surface area contributed by atoms with Crippen LogP contribution in [0.5, 0.6) is 11.6 Å². The number of methoxy groups -OCH3 is 1. The zero-order valence-corrected chi connectivity index (χ0v) is 15.0. The topological polar surface area (TPSA) is 67.8 Å². The summed E-state index contributed by atoms with van der Waals surface area (Å²) in [7, 11) is 5.13. The van der Waals surface area contributed by atoms with Crippen LogP contribution in [0.1, 0.15) is 16.8 Å². The zero-order valence-electron chi connectivity index (χ0n) is 15.0. The van der Waals surface area contributed by atoms with Crippen molar-refractivity contribution in [1.29, 1.82) is 0 Å². The molecule has 1 unspecified atom stereocenters. The first-order valence-corrected chi connectivity index (χ1v) is 8.26. The van der Waals surface area contributed by atoms with Gasteiger partial charge >= 0.3 is 0 Å². The minimum Gasteiger partial charge on any atom is -0.494 e. The van der Waals surface area contributed by atoms with Crippen LogP contribution in [-0.2, 0) is 0 Å². The van der Waals surface area contributed by atoms with Gasteiger partial charge in [-0.25, -0.2) is 4.39 Å². The van der Waals surface area contributed by atoms with E-state index in [1.165, 1.54) is 19.2 Å². The summed E-state index contributed by atoms with van der Waals surface area (Å²) in [6, 6.07) is 4.21.